The van der Waals surface area contributed by atoms with E-state index >= 15 is 0 Å². The molecule has 27 heavy (non-hydrogen) atoms. The first-order valence-electron chi connectivity index (χ1n) is 8.53. The molecule has 146 valence electrons. The molecule has 2 aliphatic carbocycles. The van der Waals surface area contributed by atoms with Crippen LogP contribution in [-0.2, 0) is 14.8 Å². The van der Waals surface area contributed by atoms with Crippen LogP contribution < -0.4 is 4.72 Å². The fourth-order valence-electron chi connectivity index (χ4n) is 4.58. The summed E-state index contributed by atoms with van der Waals surface area (Å²) in [6, 6.07) is 3.07. The first-order chi connectivity index (χ1) is 12.4. The Morgan fingerprint density at radius 1 is 1.15 bits per heavy atom. The lowest BCUT2D eigenvalue weighted by molar-refractivity contribution is -0.128. The number of rotatable bonds is 6. The second-order valence-corrected chi connectivity index (χ2v) is 9.66. The van der Waals surface area contributed by atoms with Gasteiger partial charge in [-0.05, 0) is 42.4 Å². The fraction of sp³-hybridized carbons (Fsp3) is 0.500. The second-order valence-electron chi connectivity index (χ2n) is 7.94. The van der Waals surface area contributed by atoms with Gasteiger partial charge in [0, 0.05) is 6.42 Å². The fourth-order valence-corrected chi connectivity index (χ4v) is 6.46. The van der Waals surface area contributed by atoms with Crippen molar-refractivity contribution in [3.05, 3.63) is 29.3 Å². The summed E-state index contributed by atoms with van der Waals surface area (Å²) < 4.78 is 27.8. The number of carbonyl (C=O) groups excluding carboxylic acids is 1. The maximum absolute atomic E-state index is 12.8. The van der Waals surface area contributed by atoms with Gasteiger partial charge in [0.05, 0.1) is 28.0 Å². The van der Waals surface area contributed by atoms with E-state index in [1.54, 1.807) is 0 Å². The number of benzene rings is 1. The van der Waals surface area contributed by atoms with E-state index in [1.807, 2.05) is 13.8 Å². The normalized spacial score (nSPS) is 26.1. The van der Waals surface area contributed by atoms with Crippen molar-refractivity contribution in [2.75, 3.05) is 10.5 Å². The van der Waals surface area contributed by atoms with E-state index in [-0.39, 0.29) is 28.5 Å². The summed E-state index contributed by atoms with van der Waals surface area (Å²) in [6.07, 6.45) is 1.67. The Bertz CT molecular complexity index is 918. The van der Waals surface area contributed by atoms with Crippen molar-refractivity contribution in [1.29, 1.82) is 0 Å². The van der Waals surface area contributed by atoms with Gasteiger partial charge in [-0.15, -0.1) is 0 Å². The number of sulfonamides is 1. The van der Waals surface area contributed by atoms with Crippen molar-refractivity contribution in [2.24, 2.45) is 16.7 Å². The molecule has 8 nitrogen and oxygen atoms in total. The minimum Gasteiger partial charge on any atom is -0.478 e. The maximum atomic E-state index is 12.8. The highest BCUT2D eigenvalue weighted by Crippen LogP contribution is 2.64. The monoisotopic (exact) mass is 395 g/mol. The smallest absolute Gasteiger partial charge is 0.335 e. The second kappa shape index (κ2) is 6.05. The number of ketones is 1. The number of fused-ring (bicyclic) bond motifs is 2. The molecule has 0 amide bonds. The quantitative estimate of drug-likeness (QED) is 0.671. The lowest BCUT2D eigenvalue weighted by atomic mass is 9.70. The van der Waals surface area contributed by atoms with Crippen LogP contribution in [0.3, 0.4) is 0 Å². The summed E-state index contributed by atoms with van der Waals surface area (Å²) in [5.41, 5.74) is -2.24. The molecule has 1 aromatic rings. The molecule has 2 fully saturated rings. The number of nitrogens with one attached hydrogen (secondary N) is 1. The highest BCUT2D eigenvalue weighted by molar-refractivity contribution is 7.92. The van der Waals surface area contributed by atoms with Crippen LogP contribution in [0.25, 0.3) is 0 Å². The van der Waals surface area contributed by atoms with Crippen LogP contribution in [-0.4, -0.2) is 42.1 Å². The van der Waals surface area contributed by atoms with E-state index in [4.69, 9.17) is 10.2 Å². The summed E-state index contributed by atoms with van der Waals surface area (Å²) in [5, 5.41) is 18.2. The van der Waals surface area contributed by atoms with Crippen LogP contribution in [0, 0.1) is 16.7 Å². The molecule has 9 heteroatoms. The molecule has 0 heterocycles. The average Bonchev–Trinajstić information content (AvgIpc) is 2.87. The third-order valence-corrected chi connectivity index (χ3v) is 7.70. The molecule has 1 aromatic carbocycles. The van der Waals surface area contributed by atoms with Crippen molar-refractivity contribution in [3.8, 4) is 0 Å². The molecule has 2 saturated carbocycles. The van der Waals surface area contributed by atoms with Gasteiger partial charge in [-0.2, -0.15) is 0 Å². The zero-order valence-corrected chi connectivity index (χ0v) is 15.8. The van der Waals surface area contributed by atoms with Gasteiger partial charge in [-0.3, -0.25) is 9.52 Å². The Kier molecular flexibility index (Phi) is 4.33. The molecule has 2 atom stereocenters. The molecule has 3 rings (SSSR count). The van der Waals surface area contributed by atoms with Crippen molar-refractivity contribution < 1.29 is 33.0 Å². The zero-order chi connectivity index (χ0) is 20.2. The number of hydrogen-bond donors (Lipinski definition) is 3. The number of carboxylic acid groups (broad SMARTS) is 2. The topological polar surface area (TPSA) is 138 Å². The first kappa shape index (κ1) is 19.3. The number of Topliss-reactive ketones (excluding diaryl/α,β-unsaturated/α-hetero) is 1. The van der Waals surface area contributed by atoms with E-state index in [0.717, 1.165) is 24.6 Å². The van der Waals surface area contributed by atoms with Gasteiger partial charge in [0.1, 0.15) is 5.78 Å². The molecule has 0 radical (unpaired) electrons. The minimum absolute atomic E-state index is 0.0559. The van der Waals surface area contributed by atoms with Gasteiger partial charge in [0.25, 0.3) is 0 Å². The summed E-state index contributed by atoms with van der Waals surface area (Å²) >= 11 is 0. The Balaban J connectivity index is 1.93. The maximum Gasteiger partial charge on any atom is 0.335 e. The van der Waals surface area contributed by atoms with Gasteiger partial charge in [0.15, 0.2) is 0 Å². The molecule has 2 bridgehead atoms. The van der Waals surface area contributed by atoms with Crippen LogP contribution in [0.15, 0.2) is 18.2 Å². The zero-order valence-electron chi connectivity index (χ0n) is 15.0. The molecule has 0 aliphatic heterocycles. The van der Waals surface area contributed by atoms with Gasteiger partial charge < -0.3 is 10.2 Å². The average molecular weight is 395 g/mol. The molecular weight excluding hydrogens is 374 g/mol. The Morgan fingerprint density at radius 3 is 2.11 bits per heavy atom. The van der Waals surface area contributed by atoms with E-state index < -0.39 is 38.5 Å². The van der Waals surface area contributed by atoms with Crippen molar-refractivity contribution in [1.82, 2.24) is 0 Å². The molecule has 0 spiro atoms. The number of aromatic carboxylic acids is 2. The van der Waals surface area contributed by atoms with Gasteiger partial charge in [-0.1, -0.05) is 13.8 Å². The standard InChI is InChI=1S/C18H21NO7S/c1-17(2)12-3-4-18(17,14(20)8-12)9-27(25,26)19-13-6-10(15(21)22)5-11(7-13)16(23)24/h5-7,12,19H,3-4,8-9H2,1-2H3,(H,21,22)(H,23,24)/t12-,18+/m1/s1. The third-order valence-electron chi connectivity index (χ3n) is 6.28. The lowest BCUT2D eigenvalue weighted by Crippen LogP contribution is -2.43. The number of carboxylic acids is 2. The Hall–Kier alpha value is -2.42. The van der Waals surface area contributed by atoms with Crippen molar-refractivity contribution in [2.45, 2.75) is 33.1 Å². The largest absolute Gasteiger partial charge is 0.478 e. The molecular formula is C18H21NO7S. The van der Waals surface area contributed by atoms with Crippen LogP contribution >= 0.6 is 0 Å². The third kappa shape index (κ3) is 3.09. The Morgan fingerprint density at radius 2 is 1.70 bits per heavy atom. The summed E-state index contributed by atoms with van der Waals surface area (Å²) in [4.78, 5) is 34.9. The van der Waals surface area contributed by atoms with E-state index in [1.165, 1.54) is 0 Å². The molecule has 3 N–H and O–H groups in total. The van der Waals surface area contributed by atoms with Crippen LogP contribution in [0.1, 0.15) is 53.8 Å². The predicted octanol–water partition coefficient (Wildman–Crippen LogP) is 2.22. The van der Waals surface area contributed by atoms with Gasteiger partial charge in [0.2, 0.25) is 10.0 Å². The van der Waals surface area contributed by atoms with Gasteiger partial charge >= 0.3 is 11.9 Å². The van der Waals surface area contributed by atoms with Gasteiger partial charge in [-0.25, -0.2) is 18.0 Å². The SMILES string of the molecule is CC1(C)[C@@H]2CC[C@]1(CS(=O)(=O)Nc1cc(C(=O)O)cc(C(=O)O)c1)C(=O)C2. The van der Waals surface area contributed by atoms with E-state index in [9.17, 15) is 22.8 Å². The summed E-state index contributed by atoms with van der Waals surface area (Å²) in [7, 11) is -4.01. The van der Waals surface area contributed by atoms with E-state index in [0.29, 0.717) is 12.8 Å². The molecule has 0 unspecified atom stereocenters. The number of anilines is 1. The highest BCUT2D eigenvalue weighted by Gasteiger charge is 2.65. The summed E-state index contributed by atoms with van der Waals surface area (Å²) in [5.74, 6) is -3.04. The minimum atomic E-state index is -4.01. The highest BCUT2D eigenvalue weighted by atomic mass is 32.2. The number of carbonyl (C=O) groups is 3. The molecule has 0 aromatic heterocycles. The first-order valence-corrected chi connectivity index (χ1v) is 10.2. The Labute approximate surface area is 156 Å². The molecule has 0 saturated heterocycles. The van der Waals surface area contributed by atoms with Crippen LogP contribution in [0.2, 0.25) is 0 Å². The summed E-state index contributed by atoms with van der Waals surface area (Å²) in [6.45, 7) is 3.83. The predicted molar refractivity (Wildman–Crippen MR) is 96.3 cm³/mol. The number of hydrogen-bond acceptors (Lipinski definition) is 5. The molecule has 2 aliphatic rings. The van der Waals surface area contributed by atoms with E-state index in [2.05, 4.69) is 4.72 Å². The van der Waals surface area contributed by atoms with Crippen LogP contribution in [0.4, 0.5) is 5.69 Å². The van der Waals surface area contributed by atoms with Crippen molar-refractivity contribution >= 4 is 33.4 Å². The lowest BCUT2D eigenvalue weighted by Gasteiger charge is -2.36. The van der Waals surface area contributed by atoms with Crippen LogP contribution in [0.5, 0.6) is 0 Å². The van der Waals surface area contributed by atoms with Crippen molar-refractivity contribution in [3.63, 3.8) is 0 Å².